The summed E-state index contributed by atoms with van der Waals surface area (Å²) in [7, 11) is 0. The maximum absolute atomic E-state index is 5.70. The van der Waals surface area contributed by atoms with Gasteiger partial charge in [-0.15, -0.1) is 22.7 Å². The Labute approximate surface area is 118 Å². The summed E-state index contributed by atoms with van der Waals surface area (Å²) in [5.74, 6) is 5.70. The molecule has 0 saturated heterocycles. The molecular weight excluding hydrogens is 316 g/mol. The summed E-state index contributed by atoms with van der Waals surface area (Å²) in [4.78, 5) is 2.69. The second-order valence-corrected chi connectivity index (χ2v) is 6.58. The highest BCUT2D eigenvalue weighted by molar-refractivity contribution is 9.10. The normalized spacial score (nSPS) is 12.9. The highest BCUT2D eigenvalue weighted by atomic mass is 79.9. The van der Waals surface area contributed by atoms with Crippen LogP contribution >= 0.6 is 38.6 Å². The predicted octanol–water partition coefficient (Wildman–Crippen LogP) is 3.88. The molecular formula is C12H15BrN2S2. The summed E-state index contributed by atoms with van der Waals surface area (Å²) in [5, 5.41) is 4.24. The van der Waals surface area contributed by atoms with Crippen molar-refractivity contribution in [3.63, 3.8) is 0 Å². The summed E-state index contributed by atoms with van der Waals surface area (Å²) in [5.41, 5.74) is 4.34. The Hall–Kier alpha value is -0.200. The Morgan fingerprint density at radius 2 is 2.12 bits per heavy atom. The maximum atomic E-state index is 5.70. The van der Waals surface area contributed by atoms with Crippen molar-refractivity contribution in [1.82, 2.24) is 5.43 Å². The molecule has 0 radical (unpaired) electrons. The average molecular weight is 331 g/mol. The van der Waals surface area contributed by atoms with E-state index < -0.39 is 0 Å². The number of nitrogens with one attached hydrogen (secondary N) is 1. The third kappa shape index (κ3) is 2.98. The minimum Gasteiger partial charge on any atom is -0.271 e. The van der Waals surface area contributed by atoms with E-state index in [9.17, 15) is 0 Å². The number of aryl methyl sites for hydroxylation is 1. The fraction of sp³-hybridized carbons (Fsp3) is 0.333. The lowest BCUT2D eigenvalue weighted by Gasteiger charge is -2.15. The van der Waals surface area contributed by atoms with Crippen LogP contribution in [0.1, 0.15) is 28.3 Å². The topological polar surface area (TPSA) is 38.0 Å². The maximum Gasteiger partial charge on any atom is 0.0604 e. The van der Waals surface area contributed by atoms with Crippen molar-refractivity contribution in [2.75, 3.05) is 0 Å². The molecule has 0 bridgehead atoms. The van der Waals surface area contributed by atoms with E-state index in [1.54, 1.807) is 22.7 Å². The first kappa shape index (κ1) is 13.2. The summed E-state index contributed by atoms with van der Waals surface area (Å²) in [6, 6.07) is 4.48. The monoisotopic (exact) mass is 330 g/mol. The van der Waals surface area contributed by atoms with Gasteiger partial charge in [-0.3, -0.25) is 11.3 Å². The van der Waals surface area contributed by atoms with Gasteiger partial charge in [0.15, 0.2) is 0 Å². The molecule has 17 heavy (non-hydrogen) atoms. The van der Waals surface area contributed by atoms with Crippen LogP contribution in [0.15, 0.2) is 27.4 Å². The lowest BCUT2D eigenvalue weighted by atomic mass is 10.1. The average Bonchev–Trinajstić information content (AvgIpc) is 2.95. The summed E-state index contributed by atoms with van der Waals surface area (Å²) >= 11 is 7.12. The number of hydrogen-bond acceptors (Lipinski definition) is 4. The number of hydrazine groups is 1. The molecule has 0 spiro atoms. The van der Waals surface area contributed by atoms with Crippen LogP contribution in [0, 0.1) is 0 Å². The van der Waals surface area contributed by atoms with Crippen molar-refractivity contribution < 1.29 is 0 Å². The van der Waals surface area contributed by atoms with E-state index in [0.29, 0.717) is 0 Å². The van der Waals surface area contributed by atoms with E-state index in [1.807, 2.05) is 0 Å². The highest BCUT2D eigenvalue weighted by Gasteiger charge is 2.17. The second kappa shape index (κ2) is 6.11. The van der Waals surface area contributed by atoms with Gasteiger partial charge in [-0.05, 0) is 50.8 Å². The van der Waals surface area contributed by atoms with Gasteiger partial charge in [0.1, 0.15) is 0 Å². The molecule has 2 rings (SSSR count). The third-order valence-electron chi connectivity index (χ3n) is 2.76. The molecule has 2 nitrogen and oxygen atoms in total. The van der Waals surface area contributed by atoms with Gasteiger partial charge in [-0.2, -0.15) is 0 Å². The standard InChI is InChI=1S/C12H15BrN2S2/c1-2-8-3-5-17-12(8)10(15-14)7-11-9(13)4-6-16-11/h3-6,10,15H,2,7,14H2,1H3. The van der Waals surface area contributed by atoms with Crippen LogP contribution in [0.3, 0.4) is 0 Å². The van der Waals surface area contributed by atoms with Crippen LogP contribution in [0.2, 0.25) is 0 Å². The van der Waals surface area contributed by atoms with Gasteiger partial charge in [-0.25, -0.2) is 0 Å². The molecule has 0 aliphatic carbocycles. The Morgan fingerprint density at radius 3 is 2.71 bits per heavy atom. The SMILES string of the molecule is CCc1ccsc1C(Cc1sccc1Br)NN. The van der Waals surface area contributed by atoms with E-state index in [-0.39, 0.29) is 6.04 Å². The van der Waals surface area contributed by atoms with Crippen LogP contribution in [-0.4, -0.2) is 0 Å². The quantitative estimate of drug-likeness (QED) is 0.644. The van der Waals surface area contributed by atoms with Crippen molar-refractivity contribution in [1.29, 1.82) is 0 Å². The number of hydrogen-bond donors (Lipinski definition) is 2. The van der Waals surface area contributed by atoms with Crippen molar-refractivity contribution >= 4 is 38.6 Å². The molecule has 0 aromatic carbocycles. The van der Waals surface area contributed by atoms with E-state index in [4.69, 9.17) is 5.84 Å². The first-order chi connectivity index (χ1) is 8.26. The van der Waals surface area contributed by atoms with Crippen molar-refractivity contribution in [3.05, 3.63) is 42.7 Å². The molecule has 2 aromatic heterocycles. The van der Waals surface area contributed by atoms with Gasteiger partial charge in [0, 0.05) is 20.6 Å². The van der Waals surface area contributed by atoms with E-state index in [0.717, 1.165) is 12.8 Å². The van der Waals surface area contributed by atoms with Gasteiger partial charge in [0.05, 0.1) is 6.04 Å². The molecule has 2 aromatic rings. The van der Waals surface area contributed by atoms with Gasteiger partial charge >= 0.3 is 0 Å². The molecule has 1 atom stereocenters. The Balaban J connectivity index is 2.20. The van der Waals surface area contributed by atoms with Gasteiger partial charge in [0.2, 0.25) is 0 Å². The first-order valence-corrected chi connectivity index (χ1v) is 8.05. The Kier molecular flexibility index (Phi) is 4.76. The summed E-state index contributed by atoms with van der Waals surface area (Å²) in [6.07, 6.45) is 1.99. The van der Waals surface area contributed by atoms with E-state index >= 15 is 0 Å². The molecule has 3 N–H and O–H groups in total. The van der Waals surface area contributed by atoms with E-state index in [2.05, 4.69) is 51.2 Å². The lowest BCUT2D eigenvalue weighted by molar-refractivity contribution is 0.560. The van der Waals surface area contributed by atoms with Crippen molar-refractivity contribution in [3.8, 4) is 0 Å². The van der Waals surface area contributed by atoms with Crippen molar-refractivity contribution in [2.24, 2.45) is 5.84 Å². The van der Waals surface area contributed by atoms with Crippen molar-refractivity contribution in [2.45, 2.75) is 25.8 Å². The smallest absolute Gasteiger partial charge is 0.0604 e. The van der Waals surface area contributed by atoms with Crippen LogP contribution in [-0.2, 0) is 12.8 Å². The molecule has 0 saturated carbocycles. The molecule has 2 heterocycles. The zero-order valence-corrected chi connectivity index (χ0v) is 12.8. The van der Waals surface area contributed by atoms with Gasteiger partial charge in [-0.1, -0.05) is 6.92 Å². The zero-order valence-electron chi connectivity index (χ0n) is 9.57. The fourth-order valence-corrected chi connectivity index (χ4v) is 4.45. The minimum absolute atomic E-state index is 0.208. The lowest BCUT2D eigenvalue weighted by Crippen LogP contribution is -2.29. The number of rotatable bonds is 5. The largest absolute Gasteiger partial charge is 0.271 e. The number of nitrogens with two attached hydrogens (primary N) is 1. The fourth-order valence-electron chi connectivity index (χ4n) is 1.83. The minimum atomic E-state index is 0.208. The third-order valence-corrected chi connectivity index (χ3v) is 5.78. The van der Waals surface area contributed by atoms with Crippen LogP contribution in [0.25, 0.3) is 0 Å². The van der Waals surface area contributed by atoms with Gasteiger partial charge < -0.3 is 0 Å². The predicted molar refractivity (Wildman–Crippen MR) is 79.5 cm³/mol. The Bertz CT molecular complexity index is 478. The molecule has 0 amide bonds. The summed E-state index contributed by atoms with van der Waals surface area (Å²) < 4.78 is 1.18. The number of halogens is 1. The molecule has 0 aliphatic rings. The van der Waals surface area contributed by atoms with Crippen LogP contribution in [0.5, 0.6) is 0 Å². The van der Waals surface area contributed by atoms with Crippen LogP contribution in [0.4, 0.5) is 0 Å². The molecule has 0 fully saturated rings. The Morgan fingerprint density at radius 1 is 1.35 bits per heavy atom. The molecule has 1 unspecified atom stereocenters. The highest BCUT2D eigenvalue weighted by Crippen LogP contribution is 2.31. The second-order valence-electron chi connectivity index (χ2n) is 3.78. The van der Waals surface area contributed by atoms with Crippen LogP contribution < -0.4 is 11.3 Å². The molecule has 5 heteroatoms. The van der Waals surface area contributed by atoms with E-state index in [1.165, 1.54) is 19.8 Å². The first-order valence-electron chi connectivity index (χ1n) is 5.50. The molecule has 92 valence electrons. The molecule has 0 aliphatic heterocycles. The summed E-state index contributed by atoms with van der Waals surface area (Å²) in [6.45, 7) is 2.18. The number of thiophene rings is 2. The van der Waals surface area contributed by atoms with Gasteiger partial charge in [0.25, 0.3) is 0 Å². The zero-order chi connectivity index (χ0) is 12.3.